The Labute approximate surface area is 104 Å². The van der Waals surface area contributed by atoms with Crippen LogP contribution in [-0.2, 0) is 6.54 Å². The van der Waals surface area contributed by atoms with Crippen LogP contribution >= 0.6 is 15.9 Å². The van der Waals surface area contributed by atoms with E-state index in [2.05, 4.69) is 54.2 Å². The van der Waals surface area contributed by atoms with Crippen LogP contribution in [0, 0.1) is 13.8 Å². The fraction of sp³-hybridized carbons (Fsp3) is 0.385. The van der Waals surface area contributed by atoms with Crippen LogP contribution in [0.1, 0.15) is 23.8 Å². The number of benzene rings is 1. The van der Waals surface area contributed by atoms with E-state index in [-0.39, 0.29) is 0 Å². The molecule has 1 aromatic carbocycles. The Morgan fingerprint density at radius 1 is 1.31 bits per heavy atom. The van der Waals surface area contributed by atoms with Crippen LogP contribution in [0.4, 0.5) is 0 Å². The Morgan fingerprint density at radius 2 is 2.06 bits per heavy atom. The zero-order chi connectivity index (χ0) is 11.7. The molecule has 2 rings (SSSR count). The lowest BCUT2D eigenvalue weighted by atomic mass is 10.1. The summed E-state index contributed by atoms with van der Waals surface area (Å²) in [5, 5.41) is 4.50. The Bertz CT molecular complexity index is 516. The molecule has 86 valence electrons. The van der Waals surface area contributed by atoms with Gasteiger partial charge in [0, 0.05) is 15.4 Å². The second-order valence-corrected chi connectivity index (χ2v) is 4.85. The smallest absolute Gasteiger partial charge is 0.138 e. The van der Waals surface area contributed by atoms with Gasteiger partial charge in [0.1, 0.15) is 11.3 Å². The summed E-state index contributed by atoms with van der Waals surface area (Å²) in [6.07, 6.45) is 0. The molecule has 0 aliphatic rings. The van der Waals surface area contributed by atoms with Crippen LogP contribution in [0.5, 0.6) is 0 Å². The molecule has 0 aliphatic carbocycles. The minimum atomic E-state index is 0.795. The van der Waals surface area contributed by atoms with Crippen molar-refractivity contribution < 1.29 is 4.42 Å². The molecule has 0 saturated heterocycles. The molecule has 1 N–H and O–H groups in total. The first kappa shape index (κ1) is 11.7. The highest BCUT2D eigenvalue weighted by Gasteiger charge is 2.14. The number of hydrogen-bond acceptors (Lipinski definition) is 2. The topological polar surface area (TPSA) is 25.2 Å². The molecule has 0 saturated carbocycles. The standard InChI is InChI=1S/C13H16BrNO/c1-4-15-7-11-9(3)12-10(14)6-5-8(2)13(12)16-11/h5-6,15H,4,7H2,1-3H3. The molecular weight excluding hydrogens is 266 g/mol. The van der Waals surface area contributed by atoms with Crippen LogP contribution in [0.15, 0.2) is 21.0 Å². The molecule has 0 amide bonds. The quantitative estimate of drug-likeness (QED) is 0.923. The Morgan fingerprint density at radius 3 is 2.69 bits per heavy atom. The van der Waals surface area contributed by atoms with Crippen molar-refractivity contribution >= 4 is 26.9 Å². The largest absolute Gasteiger partial charge is 0.459 e. The average Bonchev–Trinajstić information content (AvgIpc) is 2.60. The minimum Gasteiger partial charge on any atom is -0.459 e. The average molecular weight is 282 g/mol. The van der Waals surface area contributed by atoms with E-state index in [1.165, 1.54) is 16.5 Å². The van der Waals surface area contributed by atoms with E-state index in [1.807, 2.05) is 0 Å². The van der Waals surface area contributed by atoms with Crippen LogP contribution in [-0.4, -0.2) is 6.54 Å². The van der Waals surface area contributed by atoms with Gasteiger partial charge < -0.3 is 9.73 Å². The molecule has 16 heavy (non-hydrogen) atoms. The number of furan rings is 1. The van der Waals surface area contributed by atoms with E-state index in [9.17, 15) is 0 Å². The maximum atomic E-state index is 5.92. The van der Waals surface area contributed by atoms with Crippen molar-refractivity contribution in [3.05, 3.63) is 33.5 Å². The molecule has 3 heteroatoms. The van der Waals surface area contributed by atoms with Crippen LogP contribution in [0.3, 0.4) is 0 Å². The predicted octanol–water partition coefficient (Wildman–Crippen LogP) is 3.92. The van der Waals surface area contributed by atoms with E-state index in [0.717, 1.165) is 28.9 Å². The molecular formula is C13H16BrNO. The highest BCUT2D eigenvalue weighted by molar-refractivity contribution is 9.10. The van der Waals surface area contributed by atoms with Gasteiger partial charge in [-0.1, -0.05) is 28.9 Å². The monoisotopic (exact) mass is 281 g/mol. The summed E-state index contributed by atoms with van der Waals surface area (Å²) in [6, 6.07) is 4.16. The van der Waals surface area contributed by atoms with Gasteiger partial charge in [-0.25, -0.2) is 0 Å². The van der Waals surface area contributed by atoms with E-state index in [1.54, 1.807) is 0 Å². The Hall–Kier alpha value is -0.800. The molecule has 1 heterocycles. The summed E-state index contributed by atoms with van der Waals surface area (Å²) in [7, 11) is 0. The SMILES string of the molecule is CCNCc1oc2c(C)ccc(Br)c2c1C. The third-order valence-electron chi connectivity index (χ3n) is 2.86. The highest BCUT2D eigenvalue weighted by Crippen LogP contribution is 2.33. The van der Waals surface area contributed by atoms with Crippen molar-refractivity contribution in [1.82, 2.24) is 5.32 Å². The van der Waals surface area contributed by atoms with Crippen molar-refractivity contribution in [2.45, 2.75) is 27.3 Å². The fourth-order valence-electron chi connectivity index (χ4n) is 1.89. The number of fused-ring (bicyclic) bond motifs is 1. The number of aryl methyl sites for hydroxylation is 2. The van der Waals surface area contributed by atoms with Crippen LogP contribution in [0.2, 0.25) is 0 Å². The summed E-state index contributed by atoms with van der Waals surface area (Å²) in [5.41, 5.74) is 3.41. The first-order valence-electron chi connectivity index (χ1n) is 5.53. The second-order valence-electron chi connectivity index (χ2n) is 4.00. The van der Waals surface area contributed by atoms with Gasteiger partial charge >= 0.3 is 0 Å². The van der Waals surface area contributed by atoms with Crippen molar-refractivity contribution in [3.63, 3.8) is 0 Å². The van der Waals surface area contributed by atoms with Gasteiger partial charge in [0.2, 0.25) is 0 Å². The van der Waals surface area contributed by atoms with E-state index in [4.69, 9.17) is 4.42 Å². The van der Waals surface area contributed by atoms with Crippen LogP contribution < -0.4 is 5.32 Å². The minimum absolute atomic E-state index is 0.795. The molecule has 0 atom stereocenters. The number of halogens is 1. The lowest BCUT2D eigenvalue weighted by molar-refractivity contribution is 0.515. The maximum Gasteiger partial charge on any atom is 0.138 e. The molecule has 0 aliphatic heterocycles. The van der Waals surface area contributed by atoms with E-state index in [0.29, 0.717) is 0 Å². The fourth-order valence-corrected chi connectivity index (χ4v) is 2.50. The summed E-state index contributed by atoms with van der Waals surface area (Å²) in [4.78, 5) is 0. The molecule has 2 aromatic rings. The van der Waals surface area contributed by atoms with Gasteiger partial charge in [0.25, 0.3) is 0 Å². The maximum absolute atomic E-state index is 5.92. The number of rotatable bonds is 3. The van der Waals surface area contributed by atoms with Crippen LogP contribution in [0.25, 0.3) is 11.0 Å². The zero-order valence-electron chi connectivity index (χ0n) is 9.86. The molecule has 1 aromatic heterocycles. The molecule has 0 unspecified atom stereocenters. The van der Waals surface area contributed by atoms with Gasteiger partial charge in [-0.05, 0) is 32.0 Å². The molecule has 0 spiro atoms. The summed E-state index contributed by atoms with van der Waals surface area (Å²) in [5.74, 6) is 1.03. The summed E-state index contributed by atoms with van der Waals surface area (Å²) in [6.45, 7) is 8.04. The van der Waals surface area contributed by atoms with Crippen molar-refractivity contribution in [2.24, 2.45) is 0 Å². The molecule has 0 radical (unpaired) electrons. The van der Waals surface area contributed by atoms with Crippen molar-refractivity contribution in [3.8, 4) is 0 Å². The zero-order valence-corrected chi connectivity index (χ0v) is 11.4. The Balaban J connectivity index is 2.58. The summed E-state index contributed by atoms with van der Waals surface area (Å²) < 4.78 is 7.03. The Kier molecular flexibility index (Phi) is 3.36. The normalized spacial score (nSPS) is 11.2. The lowest BCUT2D eigenvalue weighted by Gasteiger charge is -1.98. The first-order chi connectivity index (χ1) is 7.65. The van der Waals surface area contributed by atoms with E-state index < -0.39 is 0 Å². The lowest BCUT2D eigenvalue weighted by Crippen LogP contribution is -2.11. The predicted molar refractivity (Wildman–Crippen MR) is 70.8 cm³/mol. The second kappa shape index (κ2) is 4.60. The first-order valence-corrected chi connectivity index (χ1v) is 6.32. The van der Waals surface area contributed by atoms with Gasteiger partial charge in [-0.3, -0.25) is 0 Å². The van der Waals surface area contributed by atoms with Gasteiger partial charge in [-0.2, -0.15) is 0 Å². The highest BCUT2D eigenvalue weighted by atomic mass is 79.9. The van der Waals surface area contributed by atoms with Crippen molar-refractivity contribution in [1.29, 1.82) is 0 Å². The molecule has 2 nitrogen and oxygen atoms in total. The van der Waals surface area contributed by atoms with Gasteiger partial charge in [-0.15, -0.1) is 0 Å². The van der Waals surface area contributed by atoms with Crippen molar-refractivity contribution in [2.75, 3.05) is 6.54 Å². The number of hydrogen-bond donors (Lipinski definition) is 1. The molecule has 0 fully saturated rings. The molecule has 0 bridgehead atoms. The number of nitrogens with one attached hydrogen (secondary N) is 1. The summed E-state index contributed by atoms with van der Waals surface area (Å²) >= 11 is 3.58. The third kappa shape index (κ3) is 1.89. The van der Waals surface area contributed by atoms with E-state index >= 15 is 0 Å². The van der Waals surface area contributed by atoms with Gasteiger partial charge in [0.05, 0.1) is 6.54 Å². The van der Waals surface area contributed by atoms with Gasteiger partial charge in [0.15, 0.2) is 0 Å². The third-order valence-corrected chi connectivity index (χ3v) is 3.52.